The Morgan fingerprint density at radius 3 is 2.52 bits per heavy atom. The predicted octanol–water partition coefficient (Wildman–Crippen LogP) is 5.00. The molecule has 0 unspecified atom stereocenters. The third-order valence-electron chi connectivity index (χ3n) is 9.74. The van der Waals surface area contributed by atoms with Gasteiger partial charge in [0.05, 0.1) is 5.60 Å². The number of ketones is 1. The standard InChI is InChI=1S/C24H40O3/c1-4-24-12-10-19-18-9-11-23(26,13-14-27-3)15-17(18)5-6-20(19)22(24)8-7-21(24)16(2)25/h17-22,26H,4-15H2,1-3H3/t17-,18+,19-,20-,21-,22+,23+,24-/m1/s1. The van der Waals surface area contributed by atoms with E-state index >= 15 is 0 Å². The van der Waals surface area contributed by atoms with Crippen LogP contribution in [0.3, 0.4) is 0 Å². The van der Waals surface area contributed by atoms with Crippen molar-refractivity contribution in [1.82, 2.24) is 0 Å². The number of ether oxygens (including phenoxy) is 1. The van der Waals surface area contributed by atoms with Crippen LogP contribution in [-0.2, 0) is 9.53 Å². The van der Waals surface area contributed by atoms with Gasteiger partial charge in [0.15, 0.2) is 0 Å². The van der Waals surface area contributed by atoms with Crippen molar-refractivity contribution in [3.63, 3.8) is 0 Å². The van der Waals surface area contributed by atoms with Crippen LogP contribution >= 0.6 is 0 Å². The maximum Gasteiger partial charge on any atom is 0.133 e. The summed E-state index contributed by atoms with van der Waals surface area (Å²) in [4.78, 5) is 12.4. The molecular formula is C24H40O3. The molecule has 4 aliphatic carbocycles. The van der Waals surface area contributed by atoms with E-state index in [4.69, 9.17) is 4.74 Å². The molecule has 0 bridgehead atoms. The Balaban J connectivity index is 1.50. The van der Waals surface area contributed by atoms with E-state index in [-0.39, 0.29) is 0 Å². The van der Waals surface area contributed by atoms with Crippen molar-refractivity contribution in [2.75, 3.05) is 13.7 Å². The zero-order chi connectivity index (χ0) is 19.2. The molecule has 4 fully saturated rings. The molecular weight excluding hydrogens is 336 g/mol. The van der Waals surface area contributed by atoms with Gasteiger partial charge in [-0.3, -0.25) is 4.79 Å². The lowest BCUT2D eigenvalue weighted by atomic mass is 9.48. The fraction of sp³-hybridized carbons (Fsp3) is 0.958. The van der Waals surface area contributed by atoms with Gasteiger partial charge < -0.3 is 9.84 Å². The van der Waals surface area contributed by atoms with Crippen molar-refractivity contribution >= 4 is 5.78 Å². The van der Waals surface area contributed by atoms with Crippen molar-refractivity contribution in [3.8, 4) is 0 Å². The van der Waals surface area contributed by atoms with Gasteiger partial charge in [-0.05, 0) is 113 Å². The van der Waals surface area contributed by atoms with Gasteiger partial charge in [-0.2, -0.15) is 0 Å². The van der Waals surface area contributed by atoms with E-state index in [2.05, 4.69) is 6.92 Å². The van der Waals surface area contributed by atoms with Gasteiger partial charge in [0, 0.05) is 19.6 Å². The Morgan fingerprint density at radius 2 is 1.81 bits per heavy atom. The Hall–Kier alpha value is -0.410. The molecule has 0 aromatic heterocycles. The van der Waals surface area contributed by atoms with Crippen molar-refractivity contribution in [2.24, 2.45) is 40.9 Å². The fourth-order valence-corrected chi connectivity index (χ4v) is 8.59. The van der Waals surface area contributed by atoms with Gasteiger partial charge in [0.1, 0.15) is 5.78 Å². The van der Waals surface area contributed by atoms with Gasteiger partial charge in [0.25, 0.3) is 0 Å². The molecule has 0 aromatic rings. The normalized spacial score (nSPS) is 49.2. The van der Waals surface area contributed by atoms with Crippen LogP contribution in [0.4, 0.5) is 0 Å². The molecule has 0 radical (unpaired) electrons. The van der Waals surface area contributed by atoms with E-state index < -0.39 is 5.60 Å². The van der Waals surface area contributed by atoms with Crippen LogP contribution in [0.1, 0.15) is 84.5 Å². The molecule has 0 amide bonds. The van der Waals surface area contributed by atoms with Gasteiger partial charge >= 0.3 is 0 Å². The predicted molar refractivity (Wildman–Crippen MR) is 107 cm³/mol. The largest absolute Gasteiger partial charge is 0.390 e. The maximum atomic E-state index is 12.4. The van der Waals surface area contributed by atoms with Crippen LogP contribution in [-0.4, -0.2) is 30.2 Å². The number of Topliss-reactive ketones (excluding diaryl/α,β-unsaturated/α-hetero) is 1. The Kier molecular flexibility index (Phi) is 5.48. The minimum Gasteiger partial charge on any atom is -0.390 e. The van der Waals surface area contributed by atoms with Crippen molar-refractivity contribution < 1.29 is 14.6 Å². The number of carbonyl (C=O) groups excluding carboxylic acids is 1. The second-order valence-corrected chi connectivity index (χ2v) is 10.5. The Labute approximate surface area is 165 Å². The summed E-state index contributed by atoms with van der Waals surface area (Å²) in [6, 6.07) is 0. The lowest BCUT2D eigenvalue weighted by molar-refractivity contribution is -0.134. The average Bonchev–Trinajstić information content (AvgIpc) is 3.06. The summed E-state index contributed by atoms with van der Waals surface area (Å²) in [7, 11) is 1.73. The molecule has 0 saturated heterocycles. The number of hydrogen-bond donors (Lipinski definition) is 1. The highest BCUT2D eigenvalue weighted by Crippen LogP contribution is 2.66. The summed E-state index contributed by atoms with van der Waals surface area (Å²) >= 11 is 0. The smallest absolute Gasteiger partial charge is 0.133 e. The van der Waals surface area contributed by atoms with Crippen molar-refractivity contribution in [1.29, 1.82) is 0 Å². The molecule has 1 N–H and O–H groups in total. The summed E-state index contributed by atoms with van der Waals surface area (Å²) in [6.07, 6.45) is 12.8. The molecule has 3 nitrogen and oxygen atoms in total. The van der Waals surface area contributed by atoms with Crippen LogP contribution in [0.2, 0.25) is 0 Å². The first kappa shape index (κ1) is 19.9. The Bertz CT molecular complexity index is 560. The number of fused-ring (bicyclic) bond motifs is 5. The zero-order valence-electron chi connectivity index (χ0n) is 17.7. The zero-order valence-corrected chi connectivity index (χ0v) is 17.7. The lowest BCUT2D eigenvalue weighted by Crippen LogP contribution is -2.52. The highest BCUT2D eigenvalue weighted by molar-refractivity contribution is 5.79. The molecule has 4 saturated carbocycles. The highest BCUT2D eigenvalue weighted by atomic mass is 16.5. The third kappa shape index (κ3) is 3.21. The molecule has 0 aromatic carbocycles. The molecule has 27 heavy (non-hydrogen) atoms. The van der Waals surface area contributed by atoms with Crippen LogP contribution in [0, 0.1) is 40.9 Å². The average molecular weight is 377 g/mol. The van der Waals surface area contributed by atoms with E-state index in [1.807, 2.05) is 6.92 Å². The van der Waals surface area contributed by atoms with E-state index in [1.54, 1.807) is 7.11 Å². The summed E-state index contributed by atoms with van der Waals surface area (Å²) in [5, 5.41) is 11.0. The number of rotatable bonds is 5. The van der Waals surface area contributed by atoms with Crippen LogP contribution in [0.15, 0.2) is 0 Å². The van der Waals surface area contributed by atoms with E-state index in [0.29, 0.717) is 29.6 Å². The van der Waals surface area contributed by atoms with Crippen LogP contribution in [0.5, 0.6) is 0 Å². The molecule has 4 rings (SSSR count). The monoisotopic (exact) mass is 376 g/mol. The van der Waals surface area contributed by atoms with Gasteiger partial charge in [-0.15, -0.1) is 0 Å². The second kappa shape index (κ2) is 7.44. The molecule has 0 heterocycles. The topological polar surface area (TPSA) is 46.5 Å². The Morgan fingerprint density at radius 1 is 1.04 bits per heavy atom. The first-order valence-corrected chi connectivity index (χ1v) is 11.7. The SMILES string of the molecule is CC[C@]12CC[C@H]3[C@@H](CC[C@@H]4C[C@@](O)(CCOC)CC[C@@H]43)[C@@H]1CC[C@@H]2C(C)=O. The van der Waals surface area contributed by atoms with E-state index in [1.165, 1.54) is 44.9 Å². The highest BCUT2D eigenvalue weighted by Gasteiger charge is 2.59. The molecule has 8 atom stereocenters. The number of hydrogen-bond acceptors (Lipinski definition) is 3. The first-order valence-electron chi connectivity index (χ1n) is 11.7. The van der Waals surface area contributed by atoms with Gasteiger partial charge in [-0.25, -0.2) is 0 Å². The quantitative estimate of drug-likeness (QED) is 0.734. The van der Waals surface area contributed by atoms with Crippen LogP contribution < -0.4 is 0 Å². The number of methoxy groups -OCH3 is 1. The minimum absolute atomic E-state index is 0.313. The lowest BCUT2D eigenvalue weighted by Gasteiger charge is -2.57. The minimum atomic E-state index is -0.487. The molecule has 0 spiro atoms. The summed E-state index contributed by atoms with van der Waals surface area (Å²) in [5.74, 6) is 4.79. The third-order valence-corrected chi connectivity index (χ3v) is 9.74. The van der Waals surface area contributed by atoms with Crippen molar-refractivity contribution in [3.05, 3.63) is 0 Å². The molecule has 154 valence electrons. The number of carbonyl (C=O) groups is 1. The van der Waals surface area contributed by atoms with E-state index in [0.717, 1.165) is 49.4 Å². The van der Waals surface area contributed by atoms with Crippen molar-refractivity contribution in [2.45, 2.75) is 90.1 Å². The first-order chi connectivity index (χ1) is 12.9. The van der Waals surface area contributed by atoms with Gasteiger partial charge in [0.2, 0.25) is 0 Å². The molecule has 0 aliphatic heterocycles. The van der Waals surface area contributed by atoms with Gasteiger partial charge in [-0.1, -0.05) is 6.92 Å². The number of aliphatic hydroxyl groups is 1. The summed E-state index contributed by atoms with van der Waals surface area (Å²) in [6.45, 7) is 4.86. The second-order valence-electron chi connectivity index (χ2n) is 10.5. The molecule has 4 aliphatic rings. The van der Waals surface area contributed by atoms with E-state index in [9.17, 15) is 9.90 Å². The summed E-state index contributed by atoms with van der Waals surface area (Å²) < 4.78 is 5.24. The fourth-order valence-electron chi connectivity index (χ4n) is 8.59. The maximum absolute atomic E-state index is 12.4. The molecule has 3 heteroatoms. The van der Waals surface area contributed by atoms with Crippen LogP contribution in [0.25, 0.3) is 0 Å². The summed E-state index contributed by atoms with van der Waals surface area (Å²) in [5.41, 5.74) is -0.174.